The lowest BCUT2D eigenvalue weighted by molar-refractivity contribution is -0.384. The quantitative estimate of drug-likeness (QED) is 0.685. The Kier molecular flexibility index (Phi) is 5.01. The second-order valence-corrected chi connectivity index (χ2v) is 5.48. The Labute approximate surface area is 128 Å². The maximum atomic E-state index is 11.4. The van der Waals surface area contributed by atoms with Crippen LogP contribution in [0.2, 0.25) is 5.02 Å². The summed E-state index contributed by atoms with van der Waals surface area (Å²) >= 11 is 6.13. The number of non-ortho nitro benzene ring substituents is 1. The molecule has 1 saturated heterocycles. The Morgan fingerprint density at radius 3 is 2.67 bits per heavy atom. The molecule has 1 aliphatic heterocycles. The molecule has 21 heavy (non-hydrogen) atoms. The summed E-state index contributed by atoms with van der Waals surface area (Å²) in [4.78, 5) is 23.7. The topological polar surface area (TPSA) is 75.5 Å². The number of amides is 1. The molecule has 0 atom stereocenters. The number of carbonyl (C=O) groups is 1. The van der Waals surface area contributed by atoms with Crippen LogP contribution in [-0.4, -0.2) is 30.0 Å². The van der Waals surface area contributed by atoms with Crippen molar-refractivity contribution in [2.45, 2.75) is 32.2 Å². The Balaban J connectivity index is 1.99. The highest BCUT2D eigenvalue weighted by atomic mass is 35.5. The second-order valence-electron chi connectivity index (χ2n) is 5.08. The number of benzene rings is 1. The van der Waals surface area contributed by atoms with Gasteiger partial charge in [0.05, 0.1) is 15.6 Å². The number of rotatable bonds is 4. The van der Waals surface area contributed by atoms with Crippen molar-refractivity contribution in [3.63, 3.8) is 0 Å². The summed E-state index contributed by atoms with van der Waals surface area (Å²) in [6.07, 6.45) is 2.19. The van der Waals surface area contributed by atoms with Crippen LogP contribution in [-0.2, 0) is 4.79 Å². The molecule has 0 saturated carbocycles. The number of nitrogens with zero attached hydrogens (tertiary/aromatic N) is 2. The minimum Gasteiger partial charge on any atom is -0.370 e. The average Bonchev–Trinajstić information content (AvgIpc) is 2.48. The smallest absolute Gasteiger partial charge is 0.271 e. The van der Waals surface area contributed by atoms with E-state index in [4.69, 9.17) is 11.6 Å². The van der Waals surface area contributed by atoms with Gasteiger partial charge in [-0.15, -0.1) is 0 Å². The normalized spacial score (nSPS) is 15.8. The maximum Gasteiger partial charge on any atom is 0.271 e. The molecule has 1 heterocycles. The van der Waals surface area contributed by atoms with E-state index in [1.807, 2.05) is 6.92 Å². The van der Waals surface area contributed by atoms with Crippen LogP contribution in [0.1, 0.15) is 26.2 Å². The molecule has 114 valence electrons. The molecule has 1 N–H and O–H groups in total. The number of nitro benzene ring substituents is 1. The minimum absolute atomic E-state index is 0.00570. The Hall–Kier alpha value is -1.82. The van der Waals surface area contributed by atoms with Gasteiger partial charge in [-0.1, -0.05) is 18.5 Å². The molecule has 0 radical (unpaired) electrons. The Bertz CT molecular complexity index is 542. The summed E-state index contributed by atoms with van der Waals surface area (Å²) in [6.45, 7) is 3.37. The lowest BCUT2D eigenvalue weighted by Crippen LogP contribution is -2.44. The highest BCUT2D eigenvalue weighted by molar-refractivity contribution is 6.33. The third kappa shape index (κ3) is 3.85. The fraction of sp³-hybridized carbons (Fsp3) is 0.500. The third-order valence-corrected chi connectivity index (χ3v) is 3.97. The standard InChI is InChI=1S/C14H18ClN3O3/c1-2-14(19)16-10-5-7-17(8-6-10)13-4-3-11(18(20)21)9-12(13)15/h3-4,9-10H,2,5-8H2,1H3,(H,16,19). The monoisotopic (exact) mass is 311 g/mol. The molecule has 7 heteroatoms. The SMILES string of the molecule is CCC(=O)NC1CCN(c2ccc([N+](=O)[O-])cc2Cl)CC1. The molecule has 1 fully saturated rings. The number of hydrogen-bond acceptors (Lipinski definition) is 4. The van der Waals surface area contributed by atoms with Gasteiger partial charge in [0.2, 0.25) is 5.91 Å². The molecule has 1 amide bonds. The van der Waals surface area contributed by atoms with Crippen molar-refractivity contribution in [2.24, 2.45) is 0 Å². The van der Waals surface area contributed by atoms with Gasteiger partial charge < -0.3 is 10.2 Å². The van der Waals surface area contributed by atoms with Crippen molar-refractivity contribution in [3.8, 4) is 0 Å². The summed E-state index contributed by atoms with van der Waals surface area (Å²) < 4.78 is 0. The molecular weight excluding hydrogens is 294 g/mol. The first-order valence-electron chi connectivity index (χ1n) is 6.99. The number of halogens is 1. The Morgan fingerprint density at radius 1 is 1.48 bits per heavy atom. The maximum absolute atomic E-state index is 11.4. The molecule has 2 rings (SSSR count). The number of piperidine rings is 1. The van der Waals surface area contributed by atoms with Crippen LogP contribution < -0.4 is 10.2 Å². The van der Waals surface area contributed by atoms with Gasteiger partial charge in [0, 0.05) is 37.7 Å². The van der Waals surface area contributed by atoms with Gasteiger partial charge in [0.1, 0.15) is 0 Å². The third-order valence-electron chi connectivity index (χ3n) is 3.66. The molecular formula is C14H18ClN3O3. The van der Waals surface area contributed by atoms with Crippen LogP contribution in [0.15, 0.2) is 18.2 Å². The fourth-order valence-electron chi connectivity index (χ4n) is 2.46. The van der Waals surface area contributed by atoms with Crippen molar-refractivity contribution in [2.75, 3.05) is 18.0 Å². The lowest BCUT2D eigenvalue weighted by atomic mass is 10.0. The van der Waals surface area contributed by atoms with Gasteiger partial charge in [-0.3, -0.25) is 14.9 Å². The molecule has 0 bridgehead atoms. The van der Waals surface area contributed by atoms with E-state index in [0.29, 0.717) is 11.4 Å². The molecule has 0 unspecified atom stereocenters. The molecule has 0 aliphatic carbocycles. The second kappa shape index (κ2) is 6.76. The van der Waals surface area contributed by atoms with Crippen LogP contribution in [0.25, 0.3) is 0 Å². The Morgan fingerprint density at radius 2 is 2.14 bits per heavy atom. The van der Waals surface area contributed by atoms with Crippen LogP contribution in [0.3, 0.4) is 0 Å². The van der Waals surface area contributed by atoms with E-state index < -0.39 is 4.92 Å². The number of nitro groups is 1. The van der Waals surface area contributed by atoms with Crippen molar-refractivity contribution >= 4 is 28.9 Å². The van der Waals surface area contributed by atoms with Crippen LogP contribution in [0, 0.1) is 10.1 Å². The van der Waals surface area contributed by atoms with E-state index >= 15 is 0 Å². The highest BCUT2D eigenvalue weighted by Crippen LogP contribution is 2.31. The van der Waals surface area contributed by atoms with Crippen LogP contribution >= 0.6 is 11.6 Å². The van der Waals surface area contributed by atoms with Crippen LogP contribution in [0.5, 0.6) is 0 Å². The predicted molar refractivity (Wildman–Crippen MR) is 81.8 cm³/mol. The van der Waals surface area contributed by atoms with Crippen molar-refractivity contribution in [3.05, 3.63) is 33.3 Å². The van der Waals surface area contributed by atoms with Gasteiger partial charge in [0.25, 0.3) is 5.69 Å². The summed E-state index contributed by atoms with van der Waals surface area (Å²) in [6, 6.07) is 4.73. The summed E-state index contributed by atoms with van der Waals surface area (Å²) in [7, 11) is 0. The van der Waals surface area contributed by atoms with E-state index in [1.165, 1.54) is 12.1 Å². The molecule has 1 aromatic carbocycles. The van der Waals surface area contributed by atoms with Gasteiger partial charge in [-0.05, 0) is 18.9 Å². The zero-order chi connectivity index (χ0) is 15.4. The molecule has 1 aromatic rings. The number of carbonyl (C=O) groups excluding carboxylic acids is 1. The van der Waals surface area contributed by atoms with E-state index in [-0.39, 0.29) is 17.6 Å². The number of anilines is 1. The average molecular weight is 312 g/mol. The van der Waals surface area contributed by atoms with Gasteiger partial charge >= 0.3 is 0 Å². The fourth-order valence-corrected chi connectivity index (χ4v) is 2.75. The van der Waals surface area contributed by atoms with Gasteiger partial charge in [-0.25, -0.2) is 0 Å². The first-order chi connectivity index (χ1) is 10.0. The van der Waals surface area contributed by atoms with Gasteiger partial charge in [0.15, 0.2) is 0 Å². The molecule has 0 aromatic heterocycles. The molecule has 0 spiro atoms. The zero-order valence-electron chi connectivity index (χ0n) is 11.8. The largest absolute Gasteiger partial charge is 0.370 e. The zero-order valence-corrected chi connectivity index (χ0v) is 12.6. The summed E-state index contributed by atoms with van der Waals surface area (Å²) in [5, 5.41) is 14.1. The molecule has 1 aliphatic rings. The first-order valence-corrected chi connectivity index (χ1v) is 7.37. The van der Waals surface area contributed by atoms with E-state index in [9.17, 15) is 14.9 Å². The lowest BCUT2D eigenvalue weighted by Gasteiger charge is -2.34. The van der Waals surface area contributed by atoms with E-state index in [1.54, 1.807) is 6.07 Å². The van der Waals surface area contributed by atoms with E-state index in [0.717, 1.165) is 31.6 Å². The van der Waals surface area contributed by atoms with Crippen molar-refractivity contribution in [1.82, 2.24) is 5.32 Å². The number of nitrogens with one attached hydrogen (secondary N) is 1. The highest BCUT2D eigenvalue weighted by Gasteiger charge is 2.22. The first kappa shape index (κ1) is 15.6. The summed E-state index contributed by atoms with van der Waals surface area (Å²) in [5.74, 6) is 0.0711. The van der Waals surface area contributed by atoms with Crippen molar-refractivity contribution in [1.29, 1.82) is 0 Å². The van der Waals surface area contributed by atoms with Crippen LogP contribution in [0.4, 0.5) is 11.4 Å². The minimum atomic E-state index is -0.456. The predicted octanol–water partition coefficient (Wildman–Crippen LogP) is 2.74. The van der Waals surface area contributed by atoms with Crippen molar-refractivity contribution < 1.29 is 9.72 Å². The van der Waals surface area contributed by atoms with Gasteiger partial charge in [-0.2, -0.15) is 0 Å². The molecule has 6 nitrogen and oxygen atoms in total. The summed E-state index contributed by atoms with van der Waals surface area (Å²) in [5.41, 5.74) is 0.802. The number of hydrogen-bond donors (Lipinski definition) is 1. The van der Waals surface area contributed by atoms with E-state index in [2.05, 4.69) is 10.2 Å².